The third-order valence-corrected chi connectivity index (χ3v) is 7.92. The van der Waals surface area contributed by atoms with E-state index in [1.807, 2.05) is 6.92 Å². The second kappa shape index (κ2) is 10.2. The zero-order chi connectivity index (χ0) is 24.3. The van der Waals surface area contributed by atoms with Crippen LogP contribution < -0.4 is 5.32 Å². The standard InChI is InChI=1S/C23H17Cl2N3O4S2/c1-14-4-10-17(11-5-14)34(30,31)22-23(32-21(28-22)15-6-8-16(24)9-7-15)33-13-19(29)27-18-3-2-12-26-20(18)25/h2-12H,13H2,1H3,(H,27,29). The first-order chi connectivity index (χ1) is 16.2. The molecule has 0 atom stereocenters. The van der Waals surface area contributed by atoms with E-state index in [2.05, 4.69) is 15.3 Å². The summed E-state index contributed by atoms with van der Waals surface area (Å²) in [6.45, 7) is 1.86. The van der Waals surface area contributed by atoms with Gasteiger partial charge in [-0.25, -0.2) is 13.4 Å². The van der Waals surface area contributed by atoms with Crippen molar-refractivity contribution in [2.45, 2.75) is 21.9 Å². The van der Waals surface area contributed by atoms with E-state index in [1.165, 1.54) is 18.3 Å². The molecular weight excluding hydrogens is 517 g/mol. The minimum absolute atomic E-state index is 0.00189. The molecule has 0 aliphatic rings. The first kappa shape index (κ1) is 24.3. The van der Waals surface area contributed by atoms with Crippen LogP contribution in [0.5, 0.6) is 0 Å². The smallest absolute Gasteiger partial charge is 0.234 e. The first-order valence-electron chi connectivity index (χ1n) is 9.86. The fourth-order valence-electron chi connectivity index (χ4n) is 2.89. The van der Waals surface area contributed by atoms with Crippen LogP contribution >= 0.6 is 35.0 Å². The molecule has 1 N–H and O–H groups in total. The van der Waals surface area contributed by atoms with E-state index < -0.39 is 15.7 Å². The minimum atomic E-state index is -4.01. The lowest BCUT2D eigenvalue weighted by molar-refractivity contribution is -0.113. The number of thioether (sulfide) groups is 1. The summed E-state index contributed by atoms with van der Waals surface area (Å²) in [4.78, 5) is 20.7. The van der Waals surface area contributed by atoms with Gasteiger partial charge in [0.15, 0.2) is 5.15 Å². The zero-order valence-electron chi connectivity index (χ0n) is 17.7. The highest BCUT2D eigenvalue weighted by atomic mass is 35.5. The number of hydrogen-bond acceptors (Lipinski definition) is 7. The van der Waals surface area contributed by atoms with Gasteiger partial charge in [0.25, 0.3) is 0 Å². The lowest BCUT2D eigenvalue weighted by atomic mass is 10.2. The summed E-state index contributed by atoms with van der Waals surface area (Å²) >= 11 is 12.8. The maximum Gasteiger partial charge on any atom is 0.234 e. The minimum Gasteiger partial charge on any atom is -0.428 e. The maximum atomic E-state index is 13.4. The van der Waals surface area contributed by atoms with Gasteiger partial charge in [-0.1, -0.05) is 52.7 Å². The van der Waals surface area contributed by atoms with Crippen molar-refractivity contribution in [3.63, 3.8) is 0 Å². The molecule has 34 heavy (non-hydrogen) atoms. The van der Waals surface area contributed by atoms with Gasteiger partial charge in [-0.3, -0.25) is 4.79 Å². The molecular formula is C23H17Cl2N3O4S2. The molecule has 11 heteroatoms. The Labute approximate surface area is 210 Å². The second-order valence-corrected chi connectivity index (χ2v) is 10.7. The third kappa shape index (κ3) is 5.44. The van der Waals surface area contributed by atoms with E-state index in [4.69, 9.17) is 27.6 Å². The van der Waals surface area contributed by atoms with Crippen LogP contribution in [0.4, 0.5) is 5.69 Å². The Hall–Kier alpha value is -2.85. The van der Waals surface area contributed by atoms with Crippen LogP contribution in [0.3, 0.4) is 0 Å². The number of aromatic nitrogens is 2. The van der Waals surface area contributed by atoms with Crippen LogP contribution in [-0.4, -0.2) is 30.0 Å². The summed E-state index contributed by atoms with van der Waals surface area (Å²) in [6, 6.07) is 16.3. The molecule has 0 saturated carbocycles. The molecule has 0 spiro atoms. The van der Waals surface area contributed by atoms with Crippen LogP contribution in [0.25, 0.3) is 11.5 Å². The van der Waals surface area contributed by atoms with E-state index in [1.54, 1.807) is 48.5 Å². The molecule has 4 rings (SSSR count). The van der Waals surface area contributed by atoms with Crippen molar-refractivity contribution >= 4 is 56.4 Å². The Morgan fingerprint density at radius 1 is 1.06 bits per heavy atom. The van der Waals surface area contributed by atoms with Gasteiger partial charge >= 0.3 is 0 Å². The Morgan fingerprint density at radius 2 is 1.76 bits per heavy atom. The van der Waals surface area contributed by atoms with Crippen LogP contribution in [0, 0.1) is 6.92 Å². The highest BCUT2D eigenvalue weighted by Gasteiger charge is 2.29. The molecule has 0 saturated heterocycles. The van der Waals surface area contributed by atoms with E-state index in [-0.39, 0.29) is 31.8 Å². The number of anilines is 1. The second-order valence-electron chi connectivity index (χ2n) is 7.11. The number of halogens is 2. The van der Waals surface area contributed by atoms with Gasteiger partial charge in [0.05, 0.1) is 16.3 Å². The van der Waals surface area contributed by atoms with Crippen molar-refractivity contribution in [3.8, 4) is 11.5 Å². The highest BCUT2D eigenvalue weighted by Crippen LogP contribution is 2.35. The largest absolute Gasteiger partial charge is 0.428 e. The third-order valence-electron chi connectivity index (χ3n) is 4.61. The first-order valence-corrected chi connectivity index (χ1v) is 13.1. The predicted molar refractivity (Wildman–Crippen MR) is 132 cm³/mol. The molecule has 7 nitrogen and oxygen atoms in total. The van der Waals surface area contributed by atoms with E-state index in [0.29, 0.717) is 16.3 Å². The van der Waals surface area contributed by atoms with Gasteiger partial charge in [0.1, 0.15) is 0 Å². The quantitative estimate of drug-likeness (QED) is 0.232. The number of carbonyl (C=O) groups is 1. The van der Waals surface area contributed by atoms with Crippen molar-refractivity contribution < 1.29 is 17.6 Å². The highest BCUT2D eigenvalue weighted by molar-refractivity contribution is 8.00. The van der Waals surface area contributed by atoms with Crippen LogP contribution in [0.2, 0.25) is 10.2 Å². The summed E-state index contributed by atoms with van der Waals surface area (Å²) in [7, 11) is -4.01. The van der Waals surface area contributed by atoms with Crippen molar-refractivity contribution in [2.24, 2.45) is 0 Å². The maximum absolute atomic E-state index is 13.4. The van der Waals surface area contributed by atoms with Crippen molar-refractivity contribution in [3.05, 3.63) is 82.6 Å². The zero-order valence-corrected chi connectivity index (χ0v) is 20.8. The van der Waals surface area contributed by atoms with E-state index in [9.17, 15) is 13.2 Å². The molecule has 2 aromatic heterocycles. The fraction of sp³-hybridized carbons (Fsp3) is 0.0870. The van der Waals surface area contributed by atoms with Gasteiger partial charge in [0.2, 0.25) is 31.8 Å². The lowest BCUT2D eigenvalue weighted by Crippen LogP contribution is -2.14. The van der Waals surface area contributed by atoms with Gasteiger partial charge < -0.3 is 9.73 Å². The molecule has 2 aromatic carbocycles. The van der Waals surface area contributed by atoms with Gasteiger partial charge in [0, 0.05) is 16.8 Å². The van der Waals surface area contributed by atoms with Gasteiger partial charge in [-0.05, 0) is 55.5 Å². The number of aryl methyl sites for hydroxylation is 1. The summed E-state index contributed by atoms with van der Waals surface area (Å²) in [5.41, 5.74) is 1.81. The number of oxazole rings is 1. The number of rotatable bonds is 7. The number of amides is 1. The molecule has 0 unspecified atom stereocenters. The number of nitrogens with zero attached hydrogens (tertiary/aromatic N) is 2. The topological polar surface area (TPSA) is 102 Å². The Bertz CT molecular complexity index is 1440. The summed E-state index contributed by atoms with van der Waals surface area (Å²) < 4.78 is 32.5. The van der Waals surface area contributed by atoms with Crippen molar-refractivity contribution in [1.29, 1.82) is 0 Å². The number of nitrogens with one attached hydrogen (secondary N) is 1. The molecule has 0 fully saturated rings. The predicted octanol–water partition coefficient (Wildman–Crippen LogP) is 5.92. The number of carbonyl (C=O) groups excluding carboxylic acids is 1. The van der Waals surface area contributed by atoms with Gasteiger partial charge in [-0.2, -0.15) is 4.98 Å². The monoisotopic (exact) mass is 533 g/mol. The van der Waals surface area contributed by atoms with Gasteiger partial charge in [-0.15, -0.1) is 0 Å². The number of hydrogen-bond donors (Lipinski definition) is 1. The number of benzene rings is 2. The summed E-state index contributed by atoms with van der Waals surface area (Å²) in [5.74, 6) is -0.458. The Balaban J connectivity index is 1.65. The molecule has 174 valence electrons. The average Bonchev–Trinajstić information content (AvgIpc) is 3.25. The molecule has 0 aliphatic heterocycles. The Morgan fingerprint density at radius 3 is 2.44 bits per heavy atom. The van der Waals surface area contributed by atoms with Crippen molar-refractivity contribution in [2.75, 3.05) is 11.1 Å². The molecule has 0 aliphatic carbocycles. The number of sulfone groups is 1. The lowest BCUT2D eigenvalue weighted by Gasteiger charge is -2.06. The van der Waals surface area contributed by atoms with E-state index >= 15 is 0 Å². The molecule has 0 radical (unpaired) electrons. The average molecular weight is 534 g/mol. The summed E-state index contributed by atoms with van der Waals surface area (Å²) in [6.07, 6.45) is 1.50. The normalized spacial score (nSPS) is 11.4. The van der Waals surface area contributed by atoms with Crippen LogP contribution in [0.15, 0.2) is 86.3 Å². The van der Waals surface area contributed by atoms with Crippen molar-refractivity contribution in [1.82, 2.24) is 9.97 Å². The molecule has 1 amide bonds. The SMILES string of the molecule is Cc1ccc(S(=O)(=O)c2nc(-c3ccc(Cl)cc3)oc2SCC(=O)Nc2cccnc2Cl)cc1. The molecule has 0 bridgehead atoms. The van der Waals surface area contributed by atoms with Crippen LogP contribution in [0.1, 0.15) is 5.56 Å². The number of pyridine rings is 1. The van der Waals surface area contributed by atoms with E-state index in [0.717, 1.165) is 17.3 Å². The van der Waals surface area contributed by atoms with Crippen LogP contribution in [-0.2, 0) is 14.6 Å². The Kier molecular flexibility index (Phi) is 7.27. The summed E-state index contributed by atoms with van der Waals surface area (Å²) in [5, 5.41) is 3.04. The fourth-order valence-corrected chi connectivity index (χ4v) is 5.52. The molecule has 4 aromatic rings. The molecule has 2 heterocycles.